The van der Waals surface area contributed by atoms with Crippen molar-refractivity contribution in [1.82, 2.24) is 5.09 Å². The molecular weight excluding hydrogens is 277 g/mol. The fraction of sp³-hybridized carbons (Fsp3) is 1.00. The average molecular weight is 300 g/mol. The maximum absolute atomic E-state index is 12.4. The Kier molecular flexibility index (Phi) is 7.35. The van der Waals surface area contributed by atoms with Crippen LogP contribution in [0.4, 0.5) is 0 Å². The molecule has 1 atom stereocenters. The third-order valence-corrected chi connectivity index (χ3v) is 4.62. The minimum atomic E-state index is -2.65. The van der Waals surface area contributed by atoms with Gasteiger partial charge in [-0.1, -0.05) is 22.9 Å². The summed E-state index contributed by atoms with van der Waals surface area (Å²) in [5.74, 6) is 0. The van der Waals surface area contributed by atoms with Crippen molar-refractivity contribution >= 4 is 23.4 Å². The first kappa shape index (κ1) is 15.6. The van der Waals surface area contributed by atoms with Gasteiger partial charge in [-0.3, -0.25) is 4.57 Å². The summed E-state index contributed by atoms with van der Waals surface area (Å²) in [5, 5.41) is 3.91. The molecule has 0 bridgehead atoms. The minimum Gasteiger partial charge on any atom is -0.312 e. The molecule has 0 saturated heterocycles. The molecule has 0 rings (SSSR count). The van der Waals surface area contributed by atoms with Gasteiger partial charge in [-0.05, 0) is 33.6 Å². The van der Waals surface area contributed by atoms with Gasteiger partial charge in [0.25, 0.3) is 7.52 Å². The summed E-state index contributed by atoms with van der Waals surface area (Å²) in [7, 11) is -2.65. The van der Waals surface area contributed by atoms with Crippen LogP contribution in [0.5, 0.6) is 0 Å². The number of hydrogen-bond acceptors (Lipinski definition) is 2. The van der Waals surface area contributed by atoms with Crippen LogP contribution in [0, 0.1) is 0 Å². The topological polar surface area (TPSA) is 38.3 Å². The van der Waals surface area contributed by atoms with Crippen molar-refractivity contribution in [2.24, 2.45) is 0 Å². The number of nitrogens with one attached hydrogen (secondary N) is 1. The molecule has 0 saturated carbocycles. The van der Waals surface area contributed by atoms with Crippen molar-refractivity contribution in [3.63, 3.8) is 0 Å². The molecule has 0 spiro atoms. The van der Waals surface area contributed by atoms with Crippen LogP contribution in [0.25, 0.3) is 0 Å². The first-order chi connectivity index (χ1) is 6.83. The van der Waals surface area contributed by atoms with Gasteiger partial charge >= 0.3 is 0 Å². The van der Waals surface area contributed by atoms with Crippen LogP contribution < -0.4 is 5.09 Å². The first-order valence-electron chi connectivity index (χ1n) is 5.44. The van der Waals surface area contributed by atoms with E-state index in [2.05, 4.69) is 27.9 Å². The van der Waals surface area contributed by atoms with Gasteiger partial charge in [0.2, 0.25) is 0 Å². The Balaban J connectivity index is 4.34. The highest BCUT2D eigenvalue weighted by Gasteiger charge is 2.28. The van der Waals surface area contributed by atoms with Crippen molar-refractivity contribution in [2.45, 2.75) is 46.1 Å². The Morgan fingerprint density at radius 1 is 1.40 bits per heavy atom. The van der Waals surface area contributed by atoms with E-state index in [9.17, 15) is 4.57 Å². The van der Waals surface area contributed by atoms with E-state index >= 15 is 0 Å². The summed E-state index contributed by atoms with van der Waals surface area (Å²) in [6.07, 6.45) is 2.42. The molecule has 0 aromatic heterocycles. The summed E-state index contributed by atoms with van der Waals surface area (Å²) < 4.78 is 18.0. The van der Waals surface area contributed by atoms with Crippen LogP contribution in [0.15, 0.2) is 0 Å². The Labute approximate surface area is 102 Å². The third kappa shape index (κ3) is 8.44. The Hall–Kier alpha value is 0.630. The van der Waals surface area contributed by atoms with Gasteiger partial charge in [0, 0.05) is 18.0 Å². The second-order valence-electron chi connectivity index (χ2n) is 4.55. The quantitative estimate of drug-likeness (QED) is 0.574. The van der Waals surface area contributed by atoms with Crippen molar-refractivity contribution in [2.75, 3.05) is 18.0 Å². The maximum atomic E-state index is 12.4. The normalized spacial score (nSPS) is 16.3. The van der Waals surface area contributed by atoms with Crippen molar-refractivity contribution in [1.29, 1.82) is 0 Å². The van der Waals surface area contributed by atoms with Gasteiger partial charge in [0.15, 0.2) is 0 Å². The molecule has 0 aromatic carbocycles. The van der Waals surface area contributed by atoms with E-state index in [4.69, 9.17) is 4.52 Å². The highest BCUT2D eigenvalue weighted by Crippen LogP contribution is 2.46. The molecule has 5 heteroatoms. The molecule has 0 aromatic rings. The van der Waals surface area contributed by atoms with Gasteiger partial charge in [-0.2, -0.15) is 0 Å². The number of rotatable bonds is 7. The number of halogens is 1. The lowest BCUT2D eigenvalue weighted by Crippen LogP contribution is -2.25. The Bertz CT molecular complexity index is 204. The maximum Gasteiger partial charge on any atom is 0.270 e. The molecule has 0 aliphatic rings. The first-order valence-corrected chi connectivity index (χ1v) is 8.37. The lowest BCUT2D eigenvalue weighted by atomic mass is 10.2. The predicted octanol–water partition coefficient (Wildman–Crippen LogP) is 3.78. The number of hydrogen-bond donors (Lipinski definition) is 1. The van der Waals surface area contributed by atoms with E-state index in [1.165, 1.54) is 0 Å². The second-order valence-corrected chi connectivity index (χ2v) is 7.64. The van der Waals surface area contributed by atoms with Gasteiger partial charge < -0.3 is 4.52 Å². The molecular formula is C10H23BrNO2P. The van der Waals surface area contributed by atoms with Gasteiger partial charge in [-0.15, -0.1) is 0 Å². The van der Waals surface area contributed by atoms with E-state index < -0.39 is 7.52 Å². The molecule has 0 fully saturated rings. The molecule has 0 amide bonds. The summed E-state index contributed by atoms with van der Waals surface area (Å²) in [6, 6.07) is 0. The smallest absolute Gasteiger partial charge is 0.270 e. The summed E-state index contributed by atoms with van der Waals surface area (Å²) in [4.78, 5) is 0. The zero-order valence-corrected chi connectivity index (χ0v) is 12.7. The van der Waals surface area contributed by atoms with E-state index in [0.29, 0.717) is 6.16 Å². The van der Waals surface area contributed by atoms with Crippen LogP contribution >= 0.6 is 23.4 Å². The van der Waals surface area contributed by atoms with Crippen molar-refractivity contribution in [3.05, 3.63) is 0 Å². The highest BCUT2D eigenvalue weighted by molar-refractivity contribution is 9.09. The zero-order valence-electron chi connectivity index (χ0n) is 10.2. The molecule has 15 heavy (non-hydrogen) atoms. The molecule has 0 heterocycles. The Morgan fingerprint density at radius 3 is 2.40 bits per heavy atom. The molecule has 1 unspecified atom stereocenters. The molecule has 1 N–H and O–H groups in total. The lowest BCUT2D eigenvalue weighted by Gasteiger charge is -2.28. The predicted molar refractivity (Wildman–Crippen MR) is 70.0 cm³/mol. The summed E-state index contributed by atoms with van der Waals surface area (Å²) in [5.41, 5.74) is -0.359. The molecule has 3 nitrogen and oxygen atoms in total. The number of alkyl halides is 1. The van der Waals surface area contributed by atoms with Crippen molar-refractivity contribution in [3.8, 4) is 0 Å². The fourth-order valence-electron chi connectivity index (χ4n) is 1.15. The molecule has 92 valence electrons. The van der Waals surface area contributed by atoms with Gasteiger partial charge in [-0.25, -0.2) is 5.09 Å². The molecule has 0 aliphatic carbocycles. The third-order valence-electron chi connectivity index (χ3n) is 1.61. The Morgan fingerprint density at radius 2 is 2.00 bits per heavy atom. The van der Waals surface area contributed by atoms with Crippen LogP contribution in [0.3, 0.4) is 0 Å². The van der Waals surface area contributed by atoms with Crippen molar-refractivity contribution < 1.29 is 9.09 Å². The van der Waals surface area contributed by atoms with Crippen LogP contribution in [-0.2, 0) is 9.09 Å². The van der Waals surface area contributed by atoms with E-state index in [1.54, 1.807) is 0 Å². The van der Waals surface area contributed by atoms with Crippen LogP contribution in [-0.4, -0.2) is 23.6 Å². The average Bonchev–Trinajstić information content (AvgIpc) is 2.09. The summed E-state index contributed by atoms with van der Waals surface area (Å²) >= 11 is 3.35. The van der Waals surface area contributed by atoms with Crippen LogP contribution in [0.1, 0.15) is 40.5 Å². The van der Waals surface area contributed by atoms with Crippen LogP contribution in [0.2, 0.25) is 0 Å². The minimum absolute atomic E-state index is 0.359. The fourth-order valence-corrected chi connectivity index (χ4v) is 4.20. The van der Waals surface area contributed by atoms with E-state index in [0.717, 1.165) is 24.7 Å². The standard InChI is InChI=1S/C10H23BrNO2P/c1-5-8-12-15(13,9-6-7-11)14-10(2,3)4/h5-9H2,1-4H3,(H,12,13). The largest absolute Gasteiger partial charge is 0.312 e. The second kappa shape index (κ2) is 7.05. The lowest BCUT2D eigenvalue weighted by molar-refractivity contribution is 0.131. The van der Waals surface area contributed by atoms with E-state index in [1.807, 2.05) is 20.8 Å². The van der Waals surface area contributed by atoms with Gasteiger partial charge in [0.1, 0.15) is 0 Å². The highest BCUT2D eigenvalue weighted by atomic mass is 79.9. The zero-order chi connectivity index (χ0) is 11.9. The van der Waals surface area contributed by atoms with Gasteiger partial charge in [0.05, 0.1) is 5.60 Å². The SMILES string of the molecule is CCCNP(=O)(CCCBr)OC(C)(C)C. The monoisotopic (exact) mass is 299 g/mol. The summed E-state index contributed by atoms with van der Waals surface area (Å²) in [6.45, 7) is 8.60. The van der Waals surface area contributed by atoms with E-state index in [-0.39, 0.29) is 5.60 Å². The molecule has 0 radical (unpaired) electrons. The molecule has 0 aliphatic heterocycles.